The monoisotopic (exact) mass is 170 g/mol. The zero-order valence-electron chi connectivity index (χ0n) is 8.61. The molecule has 0 atom stereocenters. The SMILES string of the molecule is C=C(NC)NC1CCCC1.CC. The van der Waals surface area contributed by atoms with E-state index in [1.807, 2.05) is 20.9 Å². The maximum Gasteiger partial charge on any atom is 0.0911 e. The fraction of sp³-hybridized carbons (Fsp3) is 0.800. The van der Waals surface area contributed by atoms with Crippen LogP contribution in [0.1, 0.15) is 39.5 Å². The van der Waals surface area contributed by atoms with Gasteiger partial charge in [-0.2, -0.15) is 0 Å². The van der Waals surface area contributed by atoms with Crippen molar-refractivity contribution in [1.29, 1.82) is 0 Å². The maximum atomic E-state index is 3.81. The van der Waals surface area contributed by atoms with Crippen molar-refractivity contribution in [2.24, 2.45) is 0 Å². The molecule has 2 heteroatoms. The summed E-state index contributed by atoms with van der Waals surface area (Å²) in [6.07, 6.45) is 5.35. The highest BCUT2D eigenvalue weighted by Gasteiger charge is 2.13. The largest absolute Gasteiger partial charge is 0.375 e. The molecule has 2 N–H and O–H groups in total. The Morgan fingerprint density at radius 3 is 2.17 bits per heavy atom. The van der Waals surface area contributed by atoms with Crippen molar-refractivity contribution in [1.82, 2.24) is 10.6 Å². The molecule has 0 aromatic rings. The van der Waals surface area contributed by atoms with Crippen molar-refractivity contribution in [3.8, 4) is 0 Å². The predicted molar refractivity (Wildman–Crippen MR) is 54.9 cm³/mol. The van der Waals surface area contributed by atoms with E-state index in [2.05, 4.69) is 17.2 Å². The third-order valence-electron chi connectivity index (χ3n) is 2.04. The van der Waals surface area contributed by atoms with Crippen LogP contribution in [-0.2, 0) is 0 Å². The lowest BCUT2D eigenvalue weighted by Crippen LogP contribution is -2.30. The summed E-state index contributed by atoms with van der Waals surface area (Å²) < 4.78 is 0. The molecule has 0 saturated heterocycles. The summed E-state index contributed by atoms with van der Waals surface area (Å²) in [7, 11) is 1.89. The Labute approximate surface area is 76.4 Å². The summed E-state index contributed by atoms with van der Waals surface area (Å²) in [4.78, 5) is 0. The summed E-state index contributed by atoms with van der Waals surface area (Å²) >= 11 is 0. The normalized spacial score (nSPS) is 16.2. The highest BCUT2D eigenvalue weighted by Crippen LogP contribution is 2.17. The first-order valence-electron chi connectivity index (χ1n) is 4.96. The van der Waals surface area contributed by atoms with Gasteiger partial charge in [-0.1, -0.05) is 33.3 Å². The molecule has 1 saturated carbocycles. The van der Waals surface area contributed by atoms with Gasteiger partial charge in [0.2, 0.25) is 0 Å². The molecule has 0 aliphatic heterocycles. The molecular formula is C10H22N2. The molecule has 0 unspecified atom stereocenters. The second kappa shape index (κ2) is 7.01. The quantitative estimate of drug-likeness (QED) is 0.678. The van der Waals surface area contributed by atoms with Crippen LogP contribution in [0.2, 0.25) is 0 Å². The van der Waals surface area contributed by atoms with Gasteiger partial charge in [0, 0.05) is 13.1 Å². The van der Waals surface area contributed by atoms with E-state index in [4.69, 9.17) is 0 Å². The zero-order valence-corrected chi connectivity index (χ0v) is 8.61. The molecule has 0 spiro atoms. The van der Waals surface area contributed by atoms with Crippen LogP contribution in [0.3, 0.4) is 0 Å². The minimum Gasteiger partial charge on any atom is -0.375 e. The Bertz CT molecular complexity index is 115. The second-order valence-electron chi connectivity index (χ2n) is 2.85. The number of hydrogen-bond acceptors (Lipinski definition) is 2. The third-order valence-corrected chi connectivity index (χ3v) is 2.04. The van der Waals surface area contributed by atoms with Crippen molar-refractivity contribution in [2.45, 2.75) is 45.6 Å². The summed E-state index contributed by atoms with van der Waals surface area (Å²) in [6, 6.07) is 0.681. The van der Waals surface area contributed by atoms with Crippen molar-refractivity contribution in [2.75, 3.05) is 7.05 Å². The third kappa shape index (κ3) is 4.27. The van der Waals surface area contributed by atoms with Crippen LogP contribution >= 0.6 is 0 Å². The van der Waals surface area contributed by atoms with Crippen LogP contribution in [0, 0.1) is 0 Å². The van der Waals surface area contributed by atoms with E-state index in [9.17, 15) is 0 Å². The summed E-state index contributed by atoms with van der Waals surface area (Å²) in [6.45, 7) is 7.81. The Morgan fingerprint density at radius 2 is 1.75 bits per heavy atom. The van der Waals surface area contributed by atoms with Gasteiger partial charge in [-0.15, -0.1) is 0 Å². The van der Waals surface area contributed by atoms with Crippen LogP contribution in [-0.4, -0.2) is 13.1 Å². The summed E-state index contributed by atoms with van der Waals surface area (Å²) in [5, 5.41) is 6.31. The second-order valence-corrected chi connectivity index (χ2v) is 2.85. The number of nitrogens with one attached hydrogen (secondary N) is 2. The zero-order chi connectivity index (χ0) is 9.40. The van der Waals surface area contributed by atoms with E-state index < -0.39 is 0 Å². The molecule has 0 bridgehead atoms. The van der Waals surface area contributed by atoms with E-state index in [0.717, 1.165) is 5.82 Å². The van der Waals surface area contributed by atoms with Crippen molar-refractivity contribution < 1.29 is 0 Å². The first-order valence-corrected chi connectivity index (χ1v) is 4.96. The molecule has 1 aliphatic rings. The highest BCUT2D eigenvalue weighted by molar-refractivity contribution is 4.91. The molecule has 2 nitrogen and oxygen atoms in total. The molecule has 0 aromatic carbocycles. The molecule has 72 valence electrons. The number of rotatable bonds is 3. The van der Waals surface area contributed by atoms with E-state index in [1.54, 1.807) is 0 Å². The van der Waals surface area contributed by atoms with Crippen LogP contribution in [0.25, 0.3) is 0 Å². The van der Waals surface area contributed by atoms with Gasteiger partial charge >= 0.3 is 0 Å². The molecular weight excluding hydrogens is 148 g/mol. The van der Waals surface area contributed by atoms with Gasteiger partial charge in [0.05, 0.1) is 5.82 Å². The Hall–Kier alpha value is -0.660. The molecule has 0 aromatic heterocycles. The Kier molecular flexibility index (Phi) is 6.63. The minimum atomic E-state index is 0.681. The van der Waals surface area contributed by atoms with Crippen molar-refractivity contribution in [3.05, 3.63) is 12.4 Å². The molecule has 0 amide bonds. The lowest BCUT2D eigenvalue weighted by molar-refractivity contribution is 0.564. The van der Waals surface area contributed by atoms with E-state index >= 15 is 0 Å². The fourth-order valence-electron chi connectivity index (χ4n) is 1.39. The van der Waals surface area contributed by atoms with E-state index in [-0.39, 0.29) is 0 Å². The molecule has 1 fully saturated rings. The van der Waals surface area contributed by atoms with Gasteiger partial charge < -0.3 is 10.6 Å². The average Bonchev–Trinajstić information content (AvgIpc) is 2.60. The van der Waals surface area contributed by atoms with Gasteiger partial charge in [0.1, 0.15) is 0 Å². The van der Waals surface area contributed by atoms with Crippen LogP contribution in [0.15, 0.2) is 12.4 Å². The first kappa shape index (κ1) is 11.3. The van der Waals surface area contributed by atoms with Crippen molar-refractivity contribution in [3.63, 3.8) is 0 Å². The highest BCUT2D eigenvalue weighted by atomic mass is 15.1. The number of hydrogen-bond donors (Lipinski definition) is 2. The lowest BCUT2D eigenvalue weighted by Gasteiger charge is -2.14. The molecule has 0 radical (unpaired) electrons. The lowest BCUT2D eigenvalue weighted by atomic mass is 10.2. The van der Waals surface area contributed by atoms with Crippen LogP contribution in [0.5, 0.6) is 0 Å². The Balaban J connectivity index is 0.000000561. The smallest absolute Gasteiger partial charge is 0.0911 e. The Morgan fingerprint density at radius 1 is 1.25 bits per heavy atom. The van der Waals surface area contributed by atoms with Crippen LogP contribution < -0.4 is 10.6 Å². The van der Waals surface area contributed by atoms with Crippen molar-refractivity contribution >= 4 is 0 Å². The standard InChI is InChI=1S/C8H16N2.C2H6/c1-7(9-2)10-8-5-3-4-6-8;1-2/h8-10H,1,3-6H2,2H3;1-2H3. The van der Waals surface area contributed by atoms with Gasteiger partial charge in [0.25, 0.3) is 0 Å². The van der Waals surface area contributed by atoms with Crippen LogP contribution in [0.4, 0.5) is 0 Å². The van der Waals surface area contributed by atoms with Gasteiger partial charge in [-0.05, 0) is 12.8 Å². The fourth-order valence-corrected chi connectivity index (χ4v) is 1.39. The molecule has 1 aliphatic carbocycles. The summed E-state index contributed by atoms with van der Waals surface area (Å²) in [5.41, 5.74) is 0. The van der Waals surface area contributed by atoms with Gasteiger partial charge in [-0.25, -0.2) is 0 Å². The average molecular weight is 170 g/mol. The van der Waals surface area contributed by atoms with E-state index in [1.165, 1.54) is 25.7 Å². The van der Waals surface area contributed by atoms with E-state index in [0.29, 0.717) is 6.04 Å². The molecule has 1 rings (SSSR count). The minimum absolute atomic E-state index is 0.681. The maximum absolute atomic E-state index is 3.81. The predicted octanol–water partition coefficient (Wildman–Crippen LogP) is 2.24. The molecule has 12 heavy (non-hydrogen) atoms. The topological polar surface area (TPSA) is 24.1 Å². The van der Waals surface area contributed by atoms with Gasteiger partial charge in [-0.3, -0.25) is 0 Å². The summed E-state index contributed by atoms with van der Waals surface area (Å²) in [5.74, 6) is 0.951. The first-order chi connectivity index (χ1) is 5.83. The van der Waals surface area contributed by atoms with Gasteiger partial charge in [0.15, 0.2) is 0 Å². The molecule has 0 heterocycles.